The summed E-state index contributed by atoms with van der Waals surface area (Å²) in [5.74, 6) is 0.817. The molecule has 0 radical (unpaired) electrons. The molecular formula is C34H54FN7O4. The molecule has 12 heteroatoms. The number of aromatic nitrogens is 3. The predicted molar refractivity (Wildman–Crippen MR) is 177 cm³/mol. The van der Waals surface area contributed by atoms with Gasteiger partial charge in [-0.25, -0.2) is 9.37 Å². The van der Waals surface area contributed by atoms with Crippen LogP contribution in [0.2, 0.25) is 0 Å². The number of hydrogen-bond acceptors (Lipinski definition) is 10. The third-order valence-corrected chi connectivity index (χ3v) is 9.47. The molecule has 0 bridgehead atoms. The zero-order valence-electron chi connectivity index (χ0n) is 29.0. The topological polar surface area (TPSA) is 96.4 Å². The quantitative estimate of drug-likeness (QED) is 0.244. The number of nitrogens with zero attached hydrogens (tertiary/aromatic N) is 7. The number of halogens is 1. The highest BCUT2D eigenvalue weighted by atomic mass is 19.1. The fraction of sp³-hybridized carbons (Fsp3) is 0.706. The fourth-order valence-corrected chi connectivity index (χ4v) is 7.05. The molecule has 11 nitrogen and oxygen atoms in total. The lowest BCUT2D eigenvalue weighted by atomic mass is 9.76. The van der Waals surface area contributed by atoms with E-state index in [0.29, 0.717) is 30.9 Å². The summed E-state index contributed by atoms with van der Waals surface area (Å²) in [7, 11) is 5.60. The Labute approximate surface area is 274 Å². The molecular weight excluding hydrogens is 589 g/mol. The number of ether oxygens (including phenoxy) is 3. The zero-order chi connectivity index (χ0) is 33.4. The van der Waals surface area contributed by atoms with E-state index in [1.807, 2.05) is 20.8 Å². The third kappa shape index (κ3) is 8.70. The number of likely N-dealkylation sites (N-methyl/N-ethyl adjacent to an activating group) is 1. The average molecular weight is 644 g/mol. The van der Waals surface area contributed by atoms with Crippen molar-refractivity contribution >= 4 is 11.7 Å². The molecule has 4 rings (SSSR count). The van der Waals surface area contributed by atoms with Crippen LogP contribution < -0.4 is 9.64 Å². The molecule has 1 aromatic heterocycles. The van der Waals surface area contributed by atoms with Crippen LogP contribution in [0.4, 0.5) is 10.2 Å². The van der Waals surface area contributed by atoms with Crippen molar-refractivity contribution < 1.29 is 23.4 Å². The molecule has 256 valence electrons. The Balaban J connectivity index is 1.38. The van der Waals surface area contributed by atoms with Crippen molar-refractivity contribution in [1.82, 2.24) is 29.9 Å². The molecule has 2 aromatic rings. The lowest BCUT2D eigenvalue weighted by Gasteiger charge is -2.53. The Kier molecular flexibility index (Phi) is 12.7. The van der Waals surface area contributed by atoms with Gasteiger partial charge in [0.25, 0.3) is 11.8 Å². The minimum Gasteiger partial charge on any atom is -0.434 e. The maximum absolute atomic E-state index is 14.3. The summed E-state index contributed by atoms with van der Waals surface area (Å²) in [4.78, 5) is 26.8. The molecule has 2 atom stereocenters. The van der Waals surface area contributed by atoms with E-state index in [-0.39, 0.29) is 40.7 Å². The summed E-state index contributed by atoms with van der Waals surface area (Å²) >= 11 is 0. The number of hydrogen-bond donors (Lipinski definition) is 0. The molecule has 0 saturated carbocycles. The van der Waals surface area contributed by atoms with Crippen molar-refractivity contribution in [2.24, 2.45) is 11.3 Å². The Bertz CT molecular complexity index is 1280. The molecule has 1 spiro atoms. The van der Waals surface area contributed by atoms with E-state index in [2.05, 4.69) is 50.8 Å². The Morgan fingerprint density at radius 3 is 2.57 bits per heavy atom. The van der Waals surface area contributed by atoms with Crippen LogP contribution in [-0.2, 0) is 9.47 Å². The zero-order valence-corrected chi connectivity index (χ0v) is 29.0. The molecule has 1 unspecified atom stereocenters. The van der Waals surface area contributed by atoms with Crippen LogP contribution in [0.3, 0.4) is 0 Å². The van der Waals surface area contributed by atoms with E-state index < -0.39 is 5.82 Å². The second-order valence-corrected chi connectivity index (χ2v) is 13.6. The molecule has 3 heterocycles. The van der Waals surface area contributed by atoms with Gasteiger partial charge < -0.3 is 28.9 Å². The molecule has 1 aromatic carbocycles. The number of likely N-dealkylation sites (tertiary alicyclic amines) is 1. The van der Waals surface area contributed by atoms with Crippen LogP contribution in [0, 0.1) is 17.2 Å². The maximum atomic E-state index is 14.3. The van der Waals surface area contributed by atoms with Gasteiger partial charge >= 0.3 is 0 Å². The van der Waals surface area contributed by atoms with E-state index in [4.69, 9.17) is 14.2 Å². The fourth-order valence-electron chi connectivity index (χ4n) is 7.05. The number of benzene rings is 1. The number of amides is 1. The third-order valence-electron chi connectivity index (χ3n) is 9.47. The van der Waals surface area contributed by atoms with Gasteiger partial charge in [0.05, 0.1) is 18.3 Å². The summed E-state index contributed by atoms with van der Waals surface area (Å²) in [5.41, 5.74) is 0.340. The van der Waals surface area contributed by atoms with E-state index in [1.54, 1.807) is 19.1 Å². The first-order valence-electron chi connectivity index (χ1n) is 16.7. The average Bonchev–Trinajstić information content (AvgIpc) is 3.45. The van der Waals surface area contributed by atoms with Gasteiger partial charge in [0.1, 0.15) is 17.9 Å². The Hall–Kier alpha value is -2.93. The van der Waals surface area contributed by atoms with Crippen molar-refractivity contribution in [3.63, 3.8) is 0 Å². The second kappa shape index (κ2) is 16.3. The van der Waals surface area contributed by atoms with Crippen molar-refractivity contribution in [2.75, 3.05) is 78.6 Å². The van der Waals surface area contributed by atoms with Crippen molar-refractivity contribution in [2.45, 2.75) is 72.1 Å². The SMILES string of the molecule is CCN(C(=O)c1cc(F)ccc1Oc1nncnc1N1CCC2(C1)CN([C@H](CCCN(C)CC(COC)OC)C(C)C)C2)C(C)C. The lowest BCUT2D eigenvalue weighted by Crippen LogP contribution is -2.62. The van der Waals surface area contributed by atoms with Gasteiger partial charge in [-0.05, 0) is 77.7 Å². The van der Waals surface area contributed by atoms with Gasteiger partial charge in [-0.3, -0.25) is 9.69 Å². The predicted octanol–water partition coefficient (Wildman–Crippen LogP) is 4.58. The summed E-state index contributed by atoms with van der Waals surface area (Å²) in [5, 5.41) is 8.23. The van der Waals surface area contributed by atoms with Gasteiger partial charge in [0.15, 0.2) is 5.82 Å². The van der Waals surface area contributed by atoms with Gasteiger partial charge in [0, 0.05) is 71.0 Å². The highest BCUT2D eigenvalue weighted by Gasteiger charge is 2.50. The maximum Gasteiger partial charge on any atom is 0.282 e. The van der Waals surface area contributed by atoms with Crippen LogP contribution in [0.25, 0.3) is 0 Å². The van der Waals surface area contributed by atoms with Crippen LogP contribution >= 0.6 is 0 Å². The Morgan fingerprint density at radius 1 is 1.15 bits per heavy atom. The monoisotopic (exact) mass is 643 g/mol. The van der Waals surface area contributed by atoms with E-state index in [0.717, 1.165) is 58.5 Å². The summed E-state index contributed by atoms with van der Waals surface area (Å²) in [6, 6.07) is 4.48. The van der Waals surface area contributed by atoms with Crippen LogP contribution in [0.1, 0.15) is 64.2 Å². The number of anilines is 1. The van der Waals surface area contributed by atoms with E-state index in [9.17, 15) is 9.18 Å². The lowest BCUT2D eigenvalue weighted by molar-refractivity contribution is -0.0350. The minimum atomic E-state index is -0.502. The Morgan fingerprint density at radius 2 is 1.91 bits per heavy atom. The van der Waals surface area contributed by atoms with Crippen LogP contribution in [-0.4, -0.2) is 128 Å². The van der Waals surface area contributed by atoms with Crippen molar-refractivity contribution in [3.05, 3.63) is 35.9 Å². The molecule has 2 saturated heterocycles. The standard InChI is InChI=1S/C34H54FN7O4/c1-9-42(25(4)5)33(43)28-17-26(35)12-13-30(28)46-32-31(36-23-37-38-32)40-16-14-34(20-40)21-41(22-34)29(24(2)3)11-10-15-39(6)18-27(45-8)19-44-7/h12-13,17,23-25,27,29H,9-11,14-16,18-22H2,1-8H3/t27?,29-/m1/s1. The molecule has 0 N–H and O–H groups in total. The minimum absolute atomic E-state index is 0.0448. The first kappa shape index (κ1) is 35.9. The number of methoxy groups -OCH3 is 2. The number of carbonyl (C=O) groups is 1. The smallest absolute Gasteiger partial charge is 0.282 e. The molecule has 2 fully saturated rings. The van der Waals surface area contributed by atoms with Crippen LogP contribution in [0.15, 0.2) is 24.5 Å². The molecule has 2 aliphatic rings. The first-order valence-corrected chi connectivity index (χ1v) is 16.7. The summed E-state index contributed by atoms with van der Waals surface area (Å²) in [6.07, 6.45) is 4.85. The first-order chi connectivity index (χ1) is 22.0. The summed E-state index contributed by atoms with van der Waals surface area (Å²) in [6.45, 7) is 17.2. The highest BCUT2D eigenvalue weighted by molar-refractivity contribution is 5.97. The number of carbonyl (C=O) groups excluding carboxylic acids is 1. The van der Waals surface area contributed by atoms with Crippen molar-refractivity contribution in [3.8, 4) is 11.6 Å². The van der Waals surface area contributed by atoms with Gasteiger partial charge in [-0.15, -0.1) is 10.2 Å². The molecule has 1 amide bonds. The molecule has 0 aliphatic carbocycles. The van der Waals surface area contributed by atoms with Crippen LogP contribution in [0.5, 0.6) is 11.6 Å². The van der Waals surface area contributed by atoms with E-state index in [1.165, 1.54) is 24.5 Å². The number of rotatable bonds is 17. The van der Waals surface area contributed by atoms with Gasteiger partial charge in [0.2, 0.25) is 0 Å². The second-order valence-electron chi connectivity index (χ2n) is 13.6. The van der Waals surface area contributed by atoms with E-state index >= 15 is 0 Å². The van der Waals surface area contributed by atoms with Crippen molar-refractivity contribution in [1.29, 1.82) is 0 Å². The normalized spacial score (nSPS) is 17.6. The van der Waals surface area contributed by atoms with Gasteiger partial charge in [-0.2, -0.15) is 0 Å². The molecule has 2 aliphatic heterocycles. The molecule has 46 heavy (non-hydrogen) atoms. The van der Waals surface area contributed by atoms with Gasteiger partial charge in [-0.1, -0.05) is 13.8 Å². The summed E-state index contributed by atoms with van der Waals surface area (Å²) < 4.78 is 31.3. The highest BCUT2D eigenvalue weighted by Crippen LogP contribution is 2.44. The largest absolute Gasteiger partial charge is 0.434 e.